The highest BCUT2D eigenvalue weighted by Gasteiger charge is 2.21. The molecule has 1 saturated heterocycles. The predicted octanol–water partition coefficient (Wildman–Crippen LogP) is 1.66. The lowest BCUT2D eigenvalue weighted by atomic mass is 10.1. The fourth-order valence-corrected chi connectivity index (χ4v) is 1.93. The van der Waals surface area contributed by atoms with Crippen molar-refractivity contribution in [3.8, 4) is 0 Å². The first-order valence-electron chi connectivity index (χ1n) is 4.87. The van der Waals surface area contributed by atoms with Crippen molar-refractivity contribution in [2.45, 2.75) is 20.3 Å². The van der Waals surface area contributed by atoms with Gasteiger partial charge in [-0.15, -0.1) is 0 Å². The summed E-state index contributed by atoms with van der Waals surface area (Å²) >= 11 is 0. The van der Waals surface area contributed by atoms with Crippen molar-refractivity contribution in [2.24, 2.45) is 16.8 Å². The Hall–Kier alpha value is -0.370. The van der Waals surface area contributed by atoms with Gasteiger partial charge in [-0.25, -0.2) is 0 Å². The minimum atomic E-state index is 0.779. The topological polar surface area (TPSA) is 15.6 Å². The summed E-state index contributed by atoms with van der Waals surface area (Å²) < 4.78 is 0. The van der Waals surface area contributed by atoms with Crippen molar-refractivity contribution in [1.29, 1.82) is 0 Å². The van der Waals surface area contributed by atoms with Crippen LogP contribution in [0.3, 0.4) is 0 Å². The van der Waals surface area contributed by atoms with E-state index >= 15 is 0 Å². The van der Waals surface area contributed by atoms with Gasteiger partial charge in [0.25, 0.3) is 0 Å². The SMILES string of the molecule is C=NCC1CCN(CC(C)C)C1. The molecule has 1 atom stereocenters. The summed E-state index contributed by atoms with van der Waals surface area (Å²) in [5.74, 6) is 1.57. The summed E-state index contributed by atoms with van der Waals surface area (Å²) in [6.45, 7) is 12.8. The smallest absolute Gasteiger partial charge is 0.0423 e. The quantitative estimate of drug-likeness (QED) is 0.583. The van der Waals surface area contributed by atoms with Crippen LogP contribution in [0.5, 0.6) is 0 Å². The molecule has 1 heterocycles. The van der Waals surface area contributed by atoms with E-state index in [1.165, 1.54) is 26.1 Å². The molecule has 0 N–H and O–H groups in total. The Morgan fingerprint density at radius 1 is 1.58 bits per heavy atom. The number of hydrogen-bond donors (Lipinski definition) is 0. The van der Waals surface area contributed by atoms with Crippen molar-refractivity contribution >= 4 is 6.72 Å². The van der Waals surface area contributed by atoms with Crippen molar-refractivity contribution < 1.29 is 0 Å². The molecular formula is C10H20N2. The minimum absolute atomic E-state index is 0.779. The van der Waals surface area contributed by atoms with Gasteiger partial charge >= 0.3 is 0 Å². The van der Waals surface area contributed by atoms with Crippen molar-refractivity contribution in [1.82, 2.24) is 4.90 Å². The summed E-state index contributed by atoms with van der Waals surface area (Å²) in [5.41, 5.74) is 0. The molecule has 0 aliphatic carbocycles. The Labute approximate surface area is 75.7 Å². The molecule has 2 nitrogen and oxygen atoms in total. The van der Waals surface area contributed by atoms with Gasteiger partial charge in [-0.3, -0.25) is 0 Å². The Morgan fingerprint density at radius 3 is 2.92 bits per heavy atom. The molecule has 12 heavy (non-hydrogen) atoms. The zero-order valence-corrected chi connectivity index (χ0v) is 8.29. The van der Waals surface area contributed by atoms with Gasteiger partial charge in [0.05, 0.1) is 0 Å². The molecule has 1 aliphatic rings. The standard InChI is InChI=1S/C10H20N2/c1-9(2)7-12-5-4-10(8-12)6-11-3/h9-10H,3-8H2,1-2H3. The predicted molar refractivity (Wildman–Crippen MR) is 53.8 cm³/mol. The summed E-state index contributed by atoms with van der Waals surface area (Å²) in [4.78, 5) is 6.50. The van der Waals surface area contributed by atoms with Crippen LogP contribution >= 0.6 is 0 Å². The third-order valence-electron chi connectivity index (χ3n) is 2.38. The summed E-state index contributed by atoms with van der Waals surface area (Å²) in [5, 5.41) is 0. The highest BCUT2D eigenvalue weighted by Crippen LogP contribution is 2.17. The monoisotopic (exact) mass is 168 g/mol. The van der Waals surface area contributed by atoms with Gasteiger partial charge < -0.3 is 9.89 Å². The molecule has 0 aromatic heterocycles. The Balaban J connectivity index is 2.21. The van der Waals surface area contributed by atoms with Gasteiger partial charge in [0, 0.05) is 19.6 Å². The van der Waals surface area contributed by atoms with E-state index in [0.29, 0.717) is 0 Å². The molecule has 0 aromatic rings. The van der Waals surface area contributed by atoms with Crippen LogP contribution in [0.25, 0.3) is 0 Å². The van der Waals surface area contributed by atoms with Gasteiger partial charge in [-0.2, -0.15) is 0 Å². The van der Waals surface area contributed by atoms with Crippen LogP contribution in [0.4, 0.5) is 0 Å². The Kier molecular flexibility index (Phi) is 3.73. The molecule has 1 aliphatic heterocycles. The number of rotatable bonds is 4. The molecule has 0 bridgehead atoms. The second kappa shape index (κ2) is 4.61. The summed E-state index contributed by atoms with van der Waals surface area (Å²) in [6, 6.07) is 0. The van der Waals surface area contributed by atoms with Crippen LogP contribution in [0.2, 0.25) is 0 Å². The number of nitrogens with zero attached hydrogens (tertiary/aromatic N) is 2. The fourth-order valence-electron chi connectivity index (χ4n) is 1.93. The summed E-state index contributed by atoms with van der Waals surface area (Å²) in [7, 11) is 0. The lowest BCUT2D eigenvalue weighted by Gasteiger charge is -2.17. The first-order valence-corrected chi connectivity index (χ1v) is 4.87. The maximum atomic E-state index is 3.95. The average Bonchev–Trinajstić information content (AvgIpc) is 2.36. The first-order chi connectivity index (χ1) is 5.72. The molecular weight excluding hydrogens is 148 g/mol. The molecule has 0 spiro atoms. The van der Waals surface area contributed by atoms with E-state index in [4.69, 9.17) is 0 Å². The second-order valence-electron chi connectivity index (χ2n) is 4.21. The minimum Gasteiger partial charge on any atom is -0.303 e. The lowest BCUT2D eigenvalue weighted by Crippen LogP contribution is -2.25. The molecule has 0 saturated carbocycles. The summed E-state index contributed by atoms with van der Waals surface area (Å²) in [6.07, 6.45) is 1.31. The van der Waals surface area contributed by atoms with Crippen molar-refractivity contribution in [2.75, 3.05) is 26.2 Å². The van der Waals surface area contributed by atoms with Gasteiger partial charge in [-0.05, 0) is 31.5 Å². The molecule has 1 rings (SSSR count). The van der Waals surface area contributed by atoms with Crippen molar-refractivity contribution in [3.05, 3.63) is 0 Å². The Morgan fingerprint density at radius 2 is 2.33 bits per heavy atom. The third-order valence-corrected chi connectivity index (χ3v) is 2.38. The lowest BCUT2D eigenvalue weighted by molar-refractivity contribution is 0.288. The van der Waals surface area contributed by atoms with Gasteiger partial charge in [0.15, 0.2) is 0 Å². The maximum absolute atomic E-state index is 3.95. The molecule has 0 radical (unpaired) electrons. The van der Waals surface area contributed by atoms with E-state index in [1.807, 2.05) is 0 Å². The zero-order valence-electron chi connectivity index (χ0n) is 8.29. The van der Waals surface area contributed by atoms with Gasteiger partial charge in [-0.1, -0.05) is 13.8 Å². The van der Waals surface area contributed by atoms with Gasteiger partial charge in [0.1, 0.15) is 0 Å². The van der Waals surface area contributed by atoms with E-state index in [2.05, 4.69) is 30.5 Å². The van der Waals surface area contributed by atoms with Crippen LogP contribution < -0.4 is 0 Å². The highest BCUT2D eigenvalue weighted by atomic mass is 15.1. The van der Waals surface area contributed by atoms with Crippen LogP contribution in [-0.4, -0.2) is 37.8 Å². The third kappa shape index (κ3) is 2.94. The van der Waals surface area contributed by atoms with Crippen LogP contribution in [-0.2, 0) is 0 Å². The maximum Gasteiger partial charge on any atom is 0.0423 e. The Bertz CT molecular complexity index is 143. The van der Waals surface area contributed by atoms with Crippen molar-refractivity contribution in [3.63, 3.8) is 0 Å². The normalized spacial score (nSPS) is 25.1. The molecule has 70 valence electrons. The van der Waals surface area contributed by atoms with Crippen LogP contribution in [0.15, 0.2) is 4.99 Å². The second-order valence-corrected chi connectivity index (χ2v) is 4.21. The van der Waals surface area contributed by atoms with Crippen LogP contribution in [0, 0.1) is 11.8 Å². The van der Waals surface area contributed by atoms with E-state index in [0.717, 1.165) is 18.4 Å². The highest BCUT2D eigenvalue weighted by molar-refractivity contribution is 5.23. The zero-order chi connectivity index (χ0) is 8.97. The van der Waals surface area contributed by atoms with Crippen LogP contribution in [0.1, 0.15) is 20.3 Å². The van der Waals surface area contributed by atoms with E-state index in [9.17, 15) is 0 Å². The van der Waals surface area contributed by atoms with Gasteiger partial charge in [0.2, 0.25) is 0 Å². The fraction of sp³-hybridized carbons (Fsp3) is 0.900. The largest absolute Gasteiger partial charge is 0.303 e. The molecule has 2 heteroatoms. The molecule has 1 fully saturated rings. The average molecular weight is 168 g/mol. The molecule has 0 aromatic carbocycles. The number of aliphatic imine (C=N–C) groups is 1. The van der Waals surface area contributed by atoms with E-state index in [1.54, 1.807) is 0 Å². The number of likely N-dealkylation sites (tertiary alicyclic amines) is 1. The number of hydrogen-bond acceptors (Lipinski definition) is 2. The molecule has 1 unspecified atom stereocenters. The van der Waals surface area contributed by atoms with E-state index < -0.39 is 0 Å². The van der Waals surface area contributed by atoms with E-state index in [-0.39, 0.29) is 0 Å². The molecule has 0 amide bonds. The first kappa shape index (κ1) is 9.72.